The summed E-state index contributed by atoms with van der Waals surface area (Å²) in [6.07, 6.45) is 3.69. The van der Waals surface area contributed by atoms with Crippen molar-refractivity contribution < 1.29 is 9.66 Å². The number of hydrogen-bond acceptors (Lipinski definition) is 6. The zero-order valence-corrected chi connectivity index (χ0v) is 13.9. The SMILES string of the molecule is CCOc1cc(N2CCC(c3nncn3C)CC2)ccc1[N+](=O)[O-]. The Morgan fingerprint density at radius 3 is 2.71 bits per heavy atom. The van der Waals surface area contributed by atoms with Crippen LogP contribution in [-0.2, 0) is 7.05 Å². The van der Waals surface area contributed by atoms with E-state index in [4.69, 9.17) is 4.74 Å². The highest BCUT2D eigenvalue weighted by atomic mass is 16.6. The molecular weight excluding hydrogens is 310 g/mol. The maximum Gasteiger partial charge on any atom is 0.311 e. The molecule has 0 radical (unpaired) electrons. The van der Waals surface area contributed by atoms with Crippen LogP contribution in [0.25, 0.3) is 0 Å². The molecule has 2 aromatic rings. The van der Waals surface area contributed by atoms with Gasteiger partial charge in [-0.15, -0.1) is 10.2 Å². The van der Waals surface area contributed by atoms with Crippen LogP contribution in [0.15, 0.2) is 24.5 Å². The van der Waals surface area contributed by atoms with Crippen molar-refractivity contribution in [2.45, 2.75) is 25.7 Å². The van der Waals surface area contributed by atoms with Crippen LogP contribution in [0.5, 0.6) is 5.75 Å². The average Bonchev–Trinajstić information content (AvgIpc) is 3.01. The van der Waals surface area contributed by atoms with E-state index >= 15 is 0 Å². The lowest BCUT2D eigenvalue weighted by atomic mass is 9.95. The van der Waals surface area contributed by atoms with Crippen LogP contribution >= 0.6 is 0 Å². The van der Waals surface area contributed by atoms with E-state index in [2.05, 4.69) is 15.1 Å². The van der Waals surface area contributed by atoms with Crippen LogP contribution < -0.4 is 9.64 Å². The Morgan fingerprint density at radius 1 is 1.38 bits per heavy atom. The first-order valence-electron chi connectivity index (χ1n) is 8.10. The topological polar surface area (TPSA) is 86.3 Å². The third-order valence-electron chi connectivity index (χ3n) is 4.41. The Hall–Kier alpha value is -2.64. The molecule has 1 fully saturated rings. The summed E-state index contributed by atoms with van der Waals surface area (Å²) in [6, 6.07) is 5.09. The Balaban J connectivity index is 1.73. The molecule has 0 unspecified atom stereocenters. The van der Waals surface area contributed by atoms with Crippen LogP contribution in [-0.4, -0.2) is 39.4 Å². The lowest BCUT2D eigenvalue weighted by Crippen LogP contribution is -2.33. The minimum Gasteiger partial charge on any atom is -0.487 e. The Kier molecular flexibility index (Phi) is 4.64. The molecule has 0 bridgehead atoms. The minimum absolute atomic E-state index is 0.00886. The number of nitro groups is 1. The number of nitrogens with zero attached hydrogens (tertiary/aromatic N) is 5. The summed E-state index contributed by atoms with van der Waals surface area (Å²) >= 11 is 0. The molecule has 2 heterocycles. The summed E-state index contributed by atoms with van der Waals surface area (Å²) in [5.41, 5.74) is 0.968. The van der Waals surface area contributed by atoms with E-state index in [-0.39, 0.29) is 5.69 Å². The minimum atomic E-state index is -0.408. The van der Waals surface area contributed by atoms with E-state index < -0.39 is 4.92 Å². The Labute approximate surface area is 140 Å². The number of piperidine rings is 1. The smallest absolute Gasteiger partial charge is 0.311 e. The number of hydrogen-bond donors (Lipinski definition) is 0. The van der Waals surface area contributed by atoms with Crippen LogP contribution in [0.1, 0.15) is 31.5 Å². The van der Waals surface area contributed by atoms with Gasteiger partial charge >= 0.3 is 5.69 Å². The van der Waals surface area contributed by atoms with E-state index in [1.165, 1.54) is 6.07 Å². The maximum absolute atomic E-state index is 11.1. The molecule has 0 amide bonds. The van der Waals surface area contributed by atoms with Crippen molar-refractivity contribution in [3.05, 3.63) is 40.5 Å². The van der Waals surface area contributed by atoms with Crippen LogP contribution in [0, 0.1) is 10.1 Å². The van der Waals surface area contributed by atoms with Gasteiger partial charge in [0, 0.05) is 43.9 Å². The normalized spacial score (nSPS) is 15.5. The fraction of sp³-hybridized carbons (Fsp3) is 0.500. The molecule has 0 spiro atoms. The van der Waals surface area contributed by atoms with Gasteiger partial charge in [0.05, 0.1) is 11.5 Å². The van der Waals surface area contributed by atoms with Gasteiger partial charge in [-0.1, -0.05) is 0 Å². The first-order valence-corrected chi connectivity index (χ1v) is 8.10. The molecule has 1 saturated heterocycles. The van der Waals surface area contributed by atoms with E-state index in [0.29, 0.717) is 18.3 Å². The third-order valence-corrected chi connectivity index (χ3v) is 4.41. The molecule has 0 saturated carbocycles. The summed E-state index contributed by atoms with van der Waals surface area (Å²) in [6.45, 7) is 3.98. The number of ether oxygens (including phenoxy) is 1. The molecule has 0 aliphatic carbocycles. The molecule has 0 atom stereocenters. The first-order chi connectivity index (χ1) is 11.6. The van der Waals surface area contributed by atoms with Crippen LogP contribution in [0.3, 0.4) is 0 Å². The van der Waals surface area contributed by atoms with E-state index in [9.17, 15) is 10.1 Å². The molecular formula is C16H21N5O3. The van der Waals surface area contributed by atoms with Crippen LogP contribution in [0.4, 0.5) is 11.4 Å². The van der Waals surface area contributed by atoms with Crippen molar-refractivity contribution >= 4 is 11.4 Å². The molecule has 1 aliphatic heterocycles. The molecule has 0 N–H and O–H groups in total. The van der Waals surface area contributed by atoms with Crippen LogP contribution in [0.2, 0.25) is 0 Å². The van der Waals surface area contributed by atoms with Gasteiger partial charge in [-0.25, -0.2) is 0 Å². The van der Waals surface area contributed by atoms with Gasteiger partial charge in [0.15, 0.2) is 5.75 Å². The number of benzene rings is 1. The van der Waals surface area contributed by atoms with Gasteiger partial charge in [-0.2, -0.15) is 0 Å². The second-order valence-corrected chi connectivity index (χ2v) is 5.90. The van der Waals surface area contributed by atoms with Crippen molar-refractivity contribution in [2.24, 2.45) is 7.05 Å². The van der Waals surface area contributed by atoms with Crippen molar-refractivity contribution in [2.75, 3.05) is 24.6 Å². The zero-order chi connectivity index (χ0) is 17.1. The highest BCUT2D eigenvalue weighted by molar-refractivity contribution is 5.59. The molecule has 24 heavy (non-hydrogen) atoms. The lowest BCUT2D eigenvalue weighted by Gasteiger charge is -2.33. The highest BCUT2D eigenvalue weighted by Crippen LogP contribution is 2.34. The summed E-state index contributed by atoms with van der Waals surface area (Å²) in [4.78, 5) is 12.9. The fourth-order valence-electron chi connectivity index (χ4n) is 3.18. The van der Waals surface area contributed by atoms with E-state index in [1.54, 1.807) is 18.5 Å². The molecule has 1 aromatic heterocycles. The molecule has 1 aliphatic rings. The highest BCUT2D eigenvalue weighted by Gasteiger charge is 2.25. The second-order valence-electron chi connectivity index (χ2n) is 5.90. The zero-order valence-electron chi connectivity index (χ0n) is 13.9. The standard InChI is InChI=1S/C16H21N5O3/c1-3-24-15-10-13(4-5-14(15)21(22)23)20-8-6-12(7-9-20)16-18-17-11-19(16)2/h4-5,10-12H,3,6-9H2,1-2H3. The third kappa shape index (κ3) is 3.17. The number of aryl methyl sites for hydroxylation is 1. The van der Waals surface area contributed by atoms with Gasteiger partial charge in [0.25, 0.3) is 0 Å². The quantitative estimate of drug-likeness (QED) is 0.618. The van der Waals surface area contributed by atoms with Crippen molar-refractivity contribution in [3.63, 3.8) is 0 Å². The number of nitro benzene ring substituents is 1. The second kappa shape index (κ2) is 6.86. The van der Waals surface area contributed by atoms with Gasteiger partial charge < -0.3 is 14.2 Å². The molecule has 8 heteroatoms. The fourth-order valence-corrected chi connectivity index (χ4v) is 3.18. The molecule has 128 valence electrons. The van der Waals surface area contributed by atoms with Crippen molar-refractivity contribution in [1.29, 1.82) is 0 Å². The number of rotatable bonds is 5. The van der Waals surface area contributed by atoms with E-state index in [0.717, 1.165) is 37.4 Å². The average molecular weight is 331 g/mol. The Bertz CT molecular complexity index is 722. The van der Waals surface area contributed by atoms with Gasteiger partial charge in [0.1, 0.15) is 12.2 Å². The summed E-state index contributed by atoms with van der Waals surface area (Å²) in [7, 11) is 1.96. The first kappa shape index (κ1) is 16.2. The largest absolute Gasteiger partial charge is 0.487 e. The maximum atomic E-state index is 11.1. The Morgan fingerprint density at radius 2 is 2.12 bits per heavy atom. The van der Waals surface area contributed by atoms with Gasteiger partial charge in [0.2, 0.25) is 0 Å². The van der Waals surface area contributed by atoms with Crippen molar-refractivity contribution in [3.8, 4) is 5.75 Å². The van der Waals surface area contributed by atoms with E-state index in [1.807, 2.05) is 18.5 Å². The summed E-state index contributed by atoms with van der Waals surface area (Å²) in [5, 5.41) is 19.2. The predicted molar refractivity (Wildman–Crippen MR) is 89.5 cm³/mol. The summed E-state index contributed by atoms with van der Waals surface area (Å²) in [5.74, 6) is 1.75. The van der Waals surface area contributed by atoms with Gasteiger partial charge in [-0.05, 0) is 25.8 Å². The predicted octanol–water partition coefficient (Wildman–Crippen LogP) is 2.51. The molecule has 3 rings (SSSR count). The lowest BCUT2D eigenvalue weighted by molar-refractivity contribution is -0.385. The van der Waals surface area contributed by atoms with Gasteiger partial charge in [-0.3, -0.25) is 10.1 Å². The summed E-state index contributed by atoms with van der Waals surface area (Å²) < 4.78 is 7.41. The molecule has 1 aromatic carbocycles. The molecule has 8 nitrogen and oxygen atoms in total. The number of anilines is 1. The monoisotopic (exact) mass is 331 g/mol. The number of aromatic nitrogens is 3. The van der Waals surface area contributed by atoms with Crippen molar-refractivity contribution in [1.82, 2.24) is 14.8 Å².